The molecule has 1 heterocycles. The standard InChI is InChI=1S/C15H21FN6O.HI/c1-17-15(19-10-14-20-11-21-22(14)2)18-8-3-9-23-13-6-4-12(16)5-7-13;/h4-7,11H,3,8-10H2,1-2H3,(H2,17,18,19);1H. The van der Waals surface area contributed by atoms with Crippen LogP contribution in [0.1, 0.15) is 12.2 Å². The molecule has 0 radical (unpaired) electrons. The van der Waals surface area contributed by atoms with Gasteiger partial charge >= 0.3 is 0 Å². The highest BCUT2D eigenvalue weighted by Gasteiger charge is 2.02. The lowest BCUT2D eigenvalue weighted by molar-refractivity contribution is 0.310. The molecule has 0 saturated carbocycles. The predicted molar refractivity (Wildman–Crippen MR) is 101 cm³/mol. The van der Waals surface area contributed by atoms with Crippen LogP contribution in [0.25, 0.3) is 0 Å². The van der Waals surface area contributed by atoms with Gasteiger partial charge in [0.25, 0.3) is 0 Å². The quantitative estimate of drug-likeness (QED) is 0.292. The molecule has 9 heteroatoms. The van der Waals surface area contributed by atoms with Gasteiger partial charge in [-0.15, -0.1) is 24.0 Å². The zero-order valence-electron chi connectivity index (χ0n) is 13.7. The Balaban J connectivity index is 0.00000288. The molecule has 2 N–H and O–H groups in total. The average molecular weight is 448 g/mol. The molecule has 24 heavy (non-hydrogen) atoms. The molecule has 1 aromatic heterocycles. The third kappa shape index (κ3) is 6.69. The van der Waals surface area contributed by atoms with E-state index in [-0.39, 0.29) is 29.8 Å². The van der Waals surface area contributed by atoms with E-state index in [4.69, 9.17) is 4.74 Å². The molecule has 0 spiro atoms. The summed E-state index contributed by atoms with van der Waals surface area (Å²) in [5.74, 6) is 1.91. The largest absolute Gasteiger partial charge is 0.494 e. The van der Waals surface area contributed by atoms with Crippen molar-refractivity contribution in [2.75, 3.05) is 20.2 Å². The van der Waals surface area contributed by atoms with Gasteiger partial charge in [0.2, 0.25) is 0 Å². The highest BCUT2D eigenvalue weighted by atomic mass is 127. The molecule has 0 saturated heterocycles. The molecule has 0 aliphatic heterocycles. The molecular weight excluding hydrogens is 426 g/mol. The zero-order valence-corrected chi connectivity index (χ0v) is 16.0. The highest BCUT2D eigenvalue weighted by molar-refractivity contribution is 14.0. The third-order valence-electron chi connectivity index (χ3n) is 3.14. The Morgan fingerprint density at radius 1 is 1.29 bits per heavy atom. The number of aryl methyl sites for hydroxylation is 1. The summed E-state index contributed by atoms with van der Waals surface area (Å²) in [6.07, 6.45) is 2.31. The molecule has 0 unspecified atom stereocenters. The molecule has 2 aromatic rings. The summed E-state index contributed by atoms with van der Waals surface area (Å²) in [5, 5.41) is 10.4. The number of guanidine groups is 1. The van der Waals surface area contributed by atoms with Crippen molar-refractivity contribution in [2.45, 2.75) is 13.0 Å². The van der Waals surface area contributed by atoms with Crippen molar-refractivity contribution in [3.8, 4) is 5.75 Å². The first-order valence-electron chi connectivity index (χ1n) is 7.35. The van der Waals surface area contributed by atoms with E-state index in [1.54, 1.807) is 23.9 Å². The Bertz CT molecular complexity index is 631. The Morgan fingerprint density at radius 3 is 2.67 bits per heavy atom. The second-order valence-electron chi connectivity index (χ2n) is 4.81. The summed E-state index contributed by atoms with van der Waals surface area (Å²) in [7, 11) is 3.55. The summed E-state index contributed by atoms with van der Waals surface area (Å²) < 4.78 is 20.0. The lowest BCUT2D eigenvalue weighted by Crippen LogP contribution is -2.38. The van der Waals surface area contributed by atoms with Gasteiger partial charge in [0.1, 0.15) is 23.7 Å². The normalized spacial score (nSPS) is 10.9. The molecule has 0 bridgehead atoms. The van der Waals surface area contributed by atoms with Crippen molar-refractivity contribution in [1.29, 1.82) is 0 Å². The van der Waals surface area contributed by atoms with Gasteiger partial charge in [-0.05, 0) is 30.7 Å². The number of hydrogen-bond acceptors (Lipinski definition) is 4. The maximum absolute atomic E-state index is 12.8. The molecule has 132 valence electrons. The number of hydrogen-bond donors (Lipinski definition) is 2. The Morgan fingerprint density at radius 2 is 2.04 bits per heavy atom. The number of ether oxygens (including phenoxy) is 1. The SMILES string of the molecule is CN=C(NCCCOc1ccc(F)cc1)NCc1ncnn1C.I. The molecule has 0 fully saturated rings. The van der Waals surface area contributed by atoms with Crippen molar-refractivity contribution in [3.05, 3.63) is 42.2 Å². The number of nitrogens with zero attached hydrogens (tertiary/aromatic N) is 4. The van der Waals surface area contributed by atoms with Crippen LogP contribution in [0.2, 0.25) is 0 Å². The number of halogens is 2. The molecule has 0 aliphatic rings. The lowest BCUT2D eigenvalue weighted by atomic mass is 10.3. The minimum Gasteiger partial charge on any atom is -0.494 e. The van der Waals surface area contributed by atoms with Gasteiger partial charge in [0.15, 0.2) is 5.96 Å². The van der Waals surface area contributed by atoms with Crippen molar-refractivity contribution in [3.63, 3.8) is 0 Å². The summed E-state index contributed by atoms with van der Waals surface area (Å²) in [4.78, 5) is 8.27. The average Bonchev–Trinajstić information content (AvgIpc) is 2.97. The lowest BCUT2D eigenvalue weighted by Gasteiger charge is -2.12. The molecule has 1 aromatic carbocycles. The van der Waals surface area contributed by atoms with E-state index in [0.29, 0.717) is 31.4 Å². The van der Waals surface area contributed by atoms with Crippen LogP contribution in [0.5, 0.6) is 5.75 Å². The number of rotatable bonds is 7. The van der Waals surface area contributed by atoms with E-state index < -0.39 is 0 Å². The fourth-order valence-electron chi connectivity index (χ4n) is 1.86. The maximum atomic E-state index is 12.8. The number of benzene rings is 1. The van der Waals surface area contributed by atoms with Gasteiger partial charge in [-0.3, -0.25) is 9.67 Å². The summed E-state index contributed by atoms with van der Waals surface area (Å²) in [5.41, 5.74) is 0. The van der Waals surface area contributed by atoms with Crippen molar-refractivity contribution in [2.24, 2.45) is 12.0 Å². The smallest absolute Gasteiger partial charge is 0.191 e. The fourth-order valence-corrected chi connectivity index (χ4v) is 1.86. The van der Waals surface area contributed by atoms with Gasteiger partial charge in [0.05, 0.1) is 13.2 Å². The van der Waals surface area contributed by atoms with E-state index >= 15 is 0 Å². The van der Waals surface area contributed by atoms with Gasteiger partial charge in [0, 0.05) is 20.6 Å². The van der Waals surface area contributed by atoms with Crippen LogP contribution >= 0.6 is 24.0 Å². The number of aliphatic imine (C=N–C) groups is 1. The van der Waals surface area contributed by atoms with Crippen molar-refractivity contribution >= 4 is 29.9 Å². The second kappa shape index (κ2) is 10.8. The Kier molecular flexibility index (Phi) is 9.05. The van der Waals surface area contributed by atoms with Crippen LogP contribution < -0.4 is 15.4 Å². The van der Waals surface area contributed by atoms with E-state index in [0.717, 1.165) is 12.2 Å². The molecule has 2 rings (SSSR count). The van der Waals surface area contributed by atoms with Crippen molar-refractivity contribution in [1.82, 2.24) is 25.4 Å². The minimum absolute atomic E-state index is 0. The monoisotopic (exact) mass is 448 g/mol. The van der Waals surface area contributed by atoms with Gasteiger partial charge in [-0.25, -0.2) is 9.37 Å². The molecule has 0 aliphatic carbocycles. The van der Waals surface area contributed by atoms with Crippen LogP contribution in [-0.2, 0) is 13.6 Å². The van der Waals surface area contributed by atoms with Crippen LogP contribution in [0, 0.1) is 5.82 Å². The first-order chi connectivity index (χ1) is 11.2. The first-order valence-corrected chi connectivity index (χ1v) is 7.35. The highest BCUT2D eigenvalue weighted by Crippen LogP contribution is 2.10. The maximum Gasteiger partial charge on any atom is 0.191 e. The van der Waals surface area contributed by atoms with Gasteiger partial charge in [-0.1, -0.05) is 0 Å². The zero-order chi connectivity index (χ0) is 16.5. The van der Waals surface area contributed by atoms with E-state index in [1.165, 1.54) is 18.5 Å². The molecule has 7 nitrogen and oxygen atoms in total. The Labute approximate surface area is 157 Å². The van der Waals surface area contributed by atoms with Crippen molar-refractivity contribution < 1.29 is 9.13 Å². The van der Waals surface area contributed by atoms with Crippen LogP contribution in [0.4, 0.5) is 4.39 Å². The summed E-state index contributed by atoms with van der Waals surface area (Å²) in [6.45, 7) is 1.79. The third-order valence-corrected chi connectivity index (χ3v) is 3.14. The van der Waals surface area contributed by atoms with Gasteiger partial charge < -0.3 is 15.4 Å². The summed E-state index contributed by atoms with van der Waals surface area (Å²) in [6, 6.07) is 5.99. The number of nitrogens with one attached hydrogen (secondary N) is 2. The molecule has 0 amide bonds. The molecule has 0 atom stereocenters. The minimum atomic E-state index is -0.267. The van der Waals surface area contributed by atoms with Crippen LogP contribution in [0.3, 0.4) is 0 Å². The van der Waals surface area contributed by atoms with E-state index in [9.17, 15) is 4.39 Å². The van der Waals surface area contributed by atoms with Crippen LogP contribution in [-0.4, -0.2) is 40.9 Å². The number of aromatic nitrogens is 3. The summed E-state index contributed by atoms with van der Waals surface area (Å²) >= 11 is 0. The predicted octanol–water partition coefficient (Wildman–Crippen LogP) is 1.71. The van der Waals surface area contributed by atoms with Gasteiger partial charge in [-0.2, -0.15) is 5.10 Å². The fraction of sp³-hybridized carbons (Fsp3) is 0.400. The topological polar surface area (TPSA) is 76.4 Å². The van der Waals surface area contributed by atoms with E-state index in [2.05, 4.69) is 25.7 Å². The Hall–Kier alpha value is -1.91. The van der Waals surface area contributed by atoms with E-state index in [1.807, 2.05) is 7.05 Å². The first kappa shape index (κ1) is 20.1. The molecular formula is C15H22FIN6O. The van der Waals surface area contributed by atoms with Crippen LogP contribution in [0.15, 0.2) is 35.6 Å². The second-order valence-corrected chi connectivity index (χ2v) is 4.81.